The molecule has 2 aliphatic heterocycles. The summed E-state index contributed by atoms with van der Waals surface area (Å²) in [6, 6.07) is 10.1. The normalized spacial score (nSPS) is 22.8. The Balaban J connectivity index is 1.53. The molecule has 2 amide bonds. The summed E-state index contributed by atoms with van der Waals surface area (Å²) >= 11 is 0. The Bertz CT molecular complexity index is 665. The molecule has 3 rings (SSSR count). The SMILES string of the molecule is CC1(C)CC(NC(=O)N2CC(c3ccc(C#N)cc3)C2)CC(C)(C)N1. The first-order valence-corrected chi connectivity index (χ1v) is 9.02. The first kappa shape index (κ1) is 17.8. The van der Waals surface area contributed by atoms with E-state index in [1.807, 2.05) is 29.2 Å². The Labute approximate surface area is 150 Å². The Morgan fingerprint density at radius 2 is 1.72 bits per heavy atom. The van der Waals surface area contributed by atoms with Gasteiger partial charge >= 0.3 is 6.03 Å². The van der Waals surface area contributed by atoms with Crippen LogP contribution in [0.5, 0.6) is 0 Å². The molecule has 0 bridgehead atoms. The van der Waals surface area contributed by atoms with E-state index in [2.05, 4.69) is 44.4 Å². The molecule has 0 saturated carbocycles. The standard InChI is InChI=1S/C20H28N4O/c1-19(2)9-17(10-20(3,4)23-19)22-18(25)24-12-16(13-24)15-7-5-14(11-21)6-8-15/h5-8,16-17,23H,9-10,12-13H2,1-4H3,(H,22,25). The highest BCUT2D eigenvalue weighted by Crippen LogP contribution is 2.30. The van der Waals surface area contributed by atoms with Gasteiger partial charge in [-0.05, 0) is 58.2 Å². The van der Waals surface area contributed by atoms with Gasteiger partial charge in [0.25, 0.3) is 0 Å². The predicted molar refractivity (Wildman–Crippen MR) is 98.3 cm³/mol. The van der Waals surface area contributed by atoms with Crippen molar-refractivity contribution in [3.05, 3.63) is 35.4 Å². The van der Waals surface area contributed by atoms with Gasteiger partial charge in [-0.25, -0.2) is 4.79 Å². The molecule has 5 nitrogen and oxygen atoms in total. The van der Waals surface area contributed by atoms with E-state index in [9.17, 15) is 4.79 Å². The van der Waals surface area contributed by atoms with Crippen LogP contribution in [0.25, 0.3) is 0 Å². The third-order valence-electron chi connectivity index (χ3n) is 5.20. The maximum atomic E-state index is 12.5. The van der Waals surface area contributed by atoms with Crippen molar-refractivity contribution in [1.29, 1.82) is 5.26 Å². The van der Waals surface area contributed by atoms with Crippen LogP contribution in [0, 0.1) is 11.3 Å². The Hall–Kier alpha value is -2.06. The average molecular weight is 340 g/mol. The van der Waals surface area contributed by atoms with Gasteiger partial charge in [0.05, 0.1) is 11.6 Å². The zero-order valence-corrected chi connectivity index (χ0v) is 15.6. The van der Waals surface area contributed by atoms with E-state index in [1.54, 1.807) is 0 Å². The van der Waals surface area contributed by atoms with Crippen molar-refractivity contribution in [2.45, 2.75) is 63.6 Å². The summed E-state index contributed by atoms with van der Waals surface area (Å²) in [7, 11) is 0. The molecule has 0 aliphatic carbocycles. The smallest absolute Gasteiger partial charge is 0.317 e. The Morgan fingerprint density at radius 3 is 2.24 bits per heavy atom. The largest absolute Gasteiger partial charge is 0.335 e. The maximum absolute atomic E-state index is 12.5. The number of piperidine rings is 1. The van der Waals surface area contributed by atoms with Gasteiger partial charge in [0, 0.05) is 36.1 Å². The van der Waals surface area contributed by atoms with Gasteiger partial charge in [-0.15, -0.1) is 0 Å². The Morgan fingerprint density at radius 1 is 1.16 bits per heavy atom. The van der Waals surface area contributed by atoms with Crippen LogP contribution in [0.1, 0.15) is 57.6 Å². The van der Waals surface area contributed by atoms with Gasteiger partial charge < -0.3 is 15.5 Å². The van der Waals surface area contributed by atoms with E-state index in [0.29, 0.717) is 11.5 Å². The van der Waals surface area contributed by atoms with E-state index >= 15 is 0 Å². The monoisotopic (exact) mass is 340 g/mol. The summed E-state index contributed by atoms with van der Waals surface area (Å²) in [4.78, 5) is 14.4. The average Bonchev–Trinajstić information content (AvgIpc) is 2.42. The van der Waals surface area contributed by atoms with Crippen LogP contribution in [-0.2, 0) is 0 Å². The fourth-order valence-corrected chi connectivity index (χ4v) is 4.38. The van der Waals surface area contributed by atoms with E-state index < -0.39 is 0 Å². The first-order valence-electron chi connectivity index (χ1n) is 9.02. The highest BCUT2D eigenvalue weighted by molar-refractivity contribution is 5.75. The second-order valence-electron chi connectivity index (χ2n) is 8.78. The molecule has 2 N–H and O–H groups in total. The van der Waals surface area contributed by atoms with Crippen LogP contribution < -0.4 is 10.6 Å². The molecule has 1 aromatic rings. The number of nitrogens with zero attached hydrogens (tertiary/aromatic N) is 2. The lowest BCUT2D eigenvalue weighted by molar-refractivity contribution is 0.122. The third kappa shape index (κ3) is 4.13. The van der Waals surface area contributed by atoms with E-state index in [-0.39, 0.29) is 23.2 Å². The van der Waals surface area contributed by atoms with Gasteiger partial charge in [-0.3, -0.25) is 0 Å². The highest BCUT2D eigenvalue weighted by atomic mass is 16.2. The molecule has 0 spiro atoms. The van der Waals surface area contributed by atoms with Gasteiger partial charge in [0.2, 0.25) is 0 Å². The van der Waals surface area contributed by atoms with Crippen molar-refractivity contribution in [3.8, 4) is 6.07 Å². The van der Waals surface area contributed by atoms with Crippen LogP contribution in [0.4, 0.5) is 4.79 Å². The zero-order valence-electron chi connectivity index (χ0n) is 15.6. The minimum atomic E-state index is 0.0274. The van der Waals surface area contributed by atoms with Crippen LogP contribution in [-0.4, -0.2) is 41.1 Å². The van der Waals surface area contributed by atoms with E-state index in [4.69, 9.17) is 5.26 Å². The number of benzene rings is 1. The molecule has 0 radical (unpaired) electrons. The number of carbonyl (C=O) groups excluding carboxylic acids is 1. The quantitative estimate of drug-likeness (QED) is 0.870. The number of nitriles is 1. The number of urea groups is 1. The molecule has 1 aromatic carbocycles. The van der Waals surface area contributed by atoms with Gasteiger partial charge in [0.15, 0.2) is 0 Å². The van der Waals surface area contributed by atoms with Crippen LogP contribution in [0.15, 0.2) is 24.3 Å². The van der Waals surface area contributed by atoms with Gasteiger partial charge in [-0.2, -0.15) is 5.26 Å². The molecule has 2 heterocycles. The number of rotatable bonds is 2. The summed E-state index contributed by atoms with van der Waals surface area (Å²) in [6.07, 6.45) is 1.88. The fourth-order valence-electron chi connectivity index (χ4n) is 4.38. The van der Waals surface area contributed by atoms with Gasteiger partial charge in [0.1, 0.15) is 0 Å². The van der Waals surface area contributed by atoms with Crippen molar-refractivity contribution in [2.24, 2.45) is 0 Å². The molecule has 2 fully saturated rings. The molecule has 0 atom stereocenters. The molecule has 0 unspecified atom stereocenters. The summed E-state index contributed by atoms with van der Waals surface area (Å²) in [6.45, 7) is 10.3. The lowest BCUT2D eigenvalue weighted by atomic mass is 9.79. The summed E-state index contributed by atoms with van der Waals surface area (Å²) in [5.41, 5.74) is 1.93. The topological polar surface area (TPSA) is 68.2 Å². The van der Waals surface area contributed by atoms with Crippen molar-refractivity contribution in [2.75, 3.05) is 13.1 Å². The Kier molecular flexibility index (Phi) is 4.51. The number of hydrogen-bond donors (Lipinski definition) is 2. The lowest BCUT2D eigenvalue weighted by Crippen LogP contribution is -2.64. The molecule has 0 aromatic heterocycles. The third-order valence-corrected chi connectivity index (χ3v) is 5.20. The second kappa shape index (κ2) is 6.34. The van der Waals surface area contributed by atoms with Crippen molar-refractivity contribution in [3.63, 3.8) is 0 Å². The lowest BCUT2D eigenvalue weighted by Gasteiger charge is -2.47. The van der Waals surface area contributed by atoms with E-state index in [0.717, 1.165) is 25.9 Å². The predicted octanol–water partition coefficient (Wildman–Crippen LogP) is 2.98. The number of carbonyl (C=O) groups is 1. The molecule has 2 saturated heterocycles. The minimum absolute atomic E-state index is 0.0274. The number of amides is 2. The number of nitrogens with one attached hydrogen (secondary N) is 2. The first-order chi connectivity index (χ1) is 11.7. The molecular weight excluding hydrogens is 312 g/mol. The van der Waals surface area contributed by atoms with Crippen LogP contribution >= 0.6 is 0 Å². The van der Waals surface area contributed by atoms with Crippen molar-refractivity contribution in [1.82, 2.24) is 15.5 Å². The van der Waals surface area contributed by atoms with Crippen LogP contribution in [0.3, 0.4) is 0 Å². The number of likely N-dealkylation sites (tertiary alicyclic amines) is 1. The minimum Gasteiger partial charge on any atom is -0.335 e. The second-order valence-corrected chi connectivity index (χ2v) is 8.78. The maximum Gasteiger partial charge on any atom is 0.317 e. The van der Waals surface area contributed by atoms with Gasteiger partial charge in [-0.1, -0.05) is 12.1 Å². The van der Waals surface area contributed by atoms with Crippen molar-refractivity contribution < 1.29 is 4.79 Å². The summed E-state index contributed by atoms with van der Waals surface area (Å²) < 4.78 is 0. The highest BCUT2D eigenvalue weighted by Gasteiger charge is 2.39. The molecular formula is C20H28N4O. The van der Waals surface area contributed by atoms with Crippen molar-refractivity contribution >= 4 is 6.03 Å². The molecule has 2 aliphatic rings. The zero-order chi connectivity index (χ0) is 18.2. The van der Waals surface area contributed by atoms with E-state index in [1.165, 1.54) is 5.56 Å². The summed E-state index contributed by atoms with van der Waals surface area (Å²) in [5, 5.41) is 15.7. The van der Waals surface area contributed by atoms with Crippen LogP contribution in [0.2, 0.25) is 0 Å². The molecule has 134 valence electrons. The summed E-state index contributed by atoms with van der Waals surface area (Å²) in [5.74, 6) is 0.374. The molecule has 25 heavy (non-hydrogen) atoms. The number of hydrogen-bond acceptors (Lipinski definition) is 3. The fraction of sp³-hybridized carbons (Fsp3) is 0.600. The molecule has 5 heteroatoms.